The van der Waals surface area contributed by atoms with E-state index in [-0.39, 0.29) is 19.5 Å². The Hall–Kier alpha value is -0.900. The lowest BCUT2D eigenvalue weighted by Gasteiger charge is -2.15. The van der Waals surface area contributed by atoms with Gasteiger partial charge in [0.25, 0.3) is 0 Å². The predicted octanol–water partition coefficient (Wildman–Crippen LogP) is 1.08. The number of benzene rings is 1. The van der Waals surface area contributed by atoms with Gasteiger partial charge in [-0.05, 0) is 5.56 Å². The normalized spacial score (nSPS) is 12.8. The van der Waals surface area contributed by atoms with Crippen molar-refractivity contribution in [1.82, 2.24) is 0 Å². The fourth-order valence-electron chi connectivity index (χ4n) is 1.22. The molecule has 0 radical (unpaired) electrons. The molecule has 72 valence electrons. The molecule has 1 unspecified atom stereocenters. The van der Waals surface area contributed by atoms with Crippen molar-refractivity contribution in [3.8, 4) is 0 Å². The topological polar surface area (TPSA) is 49.7 Å². The molecule has 0 fully saturated rings. The third-order valence-corrected chi connectivity index (χ3v) is 1.84. The maximum atomic E-state index is 8.76. The zero-order valence-corrected chi connectivity index (χ0v) is 7.39. The van der Waals surface area contributed by atoms with E-state index in [1.54, 1.807) is 0 Å². The molecule has 13 heavy (non-hydrogen) atoms. The number of aliphatic hydroxyl groups excluding tert-OH is 2. The fourth-order valence-corrected chi connectivity index (χ4v) is 1.22. The Morgan fingerprint density at radius 3 is 2.38 bits per heavy atom. The third-order valence-electron chi connectivity index (χ3n) is 1.84. The highest BCUT2D eigenvalue weighted by Crippen LogP contribution is 2.19. The van der Waals surface area contributed by atoms with Crippen LogP contribution in [0.5, 0.6) is 0 Å². The Balaban J connectivity index is 2.64. The molecule has 0 saturated heterocycles. The minimum absolute atomic E-state index is 0.0551. The van der Waals surface area contributed by atoms with E-state index in [9.17, 15) is 0 Å². The summed E-state index contributed by atoms with van der Waals surface area (Å²) in [6.07, 6.45) is 0.293. The molecule has 0 spiro atoms. The molecule has 3 heteroatoms. The summed E-state index contributed by atoms with van der Waals surface area (Å²) in [4.78, 5) is 0. The van der Waals surface area contributed by atoms with Gasteiger partial charge in [-0.1, -0.05) is 30.3 Å². The van der Waals surface area contributed by atoms with Crippen LogP contribution in [0.1, 0.15) is 18.1 Å². The second-order valence-electron chi connectivity index (χ2n) is 2.71. The Bertz CT molecular complexity index is 217. The highest BCUT2D eigenvalue weighted by atomic mass is 16.6. The van der Waals surface area contributed by atoms with Crippen LogP contribution in [0.3, 0.4) is 0 Å². The third kappa shape index (κ3) is 3.14. The fraction of sp³-hybridized carbons (Fsp3) is 0.400. The van der Waals surface area contributed by atoms with E-state index in [4.69, 9.17) is 14.9 Å². The van der Waals surface area contributed by atoms with Crippen LogP contribution in [0, 0.1) is 0 Å². The average Bonchev–Trinajstić information content (AvgIpc) is 2.19. The molecule has 0 saturated carbocycles. The molecule has 3 nitrogen and oxygen atoms in total. The Morgan fingerprint density at radius 2 is 1.85 bits per heavy atom. The summed E-state index contributed by atoms with van der Waals surface area (Å²) in [6.45, 7) is -0.265. The van der Waals surface area contributed by atoms with Crippen molar-refractivity contribution in [3.05, 3.63) is 35.9 Å². The van der Waals surface area contributed by atoms with Crippen LogP contribution in [0.15, 0.2) is 30.3 Å². The maximum absolute atomic E-state index is 8.76. The molecule has 0 aromatic heterocycles. The first-order valence-corrected chi connectivity index (χ1v) is 4.26. The Kier molecular flexibility index (Phi) is 4.46. The minimum atomic E-state index is -0.320. The van der Waals surface area contributed by atoms with Gasteiger partial charge in [-0.3, -0.25) is 0 Å². The Labute approximate surface area is 77.6 Å². The molecular weight excluding hydrogens is 168 g/mol. The van der Waals surface area contributed by atoms with Gasteiger partial charge in [0.2, 0.25) is 0 Å². The van der Waals surface area contributed by atoms with Crippen molar-refractivity contribution in [1.29, 1.82) is 0 Å². The molecule has 1 rings (SSSR count). The van der Waals surface area contributed by atoms with Crippen molar-refractivity contribution < 1.29 is 14.9 Å². The van der Waals surface area contributed by atoms with Crippen LogP contribution in [-0.4, -0.2) is 23.6 Å². The number of hydrogen-bond donors (Lipinski definition) is 2. The molecule has 0 heterocycles. The lowest BCUT2D eigenvalue weighted by Crippen LogP contribution is -2.07. The number of ether oxygens (including phenoxy) is 1. The van der Waals surface area contributed by atoms with Gasteiger partial charge in [0, 0.05) is 13.0 Å². The van der Waals surface area contributed by atoms with Gasteiger partial charge in [0.1, 0.15) is 6.79 Å². The molecule has 0 amide bonds. The average molecular weight is 182 g/mol. The van der Waals surface area contributed by atoms with Crippen LogP contribution in [0.25, 0.3) is 0 Å². The van der Waals surface area contributed by atoms with Gasteiger partial charge in [-0.25, -0.2) is 0 Å². The molecule has 0 aliphatic carbocycles. The smallest absolute Gasteiger partial charge is 0.144 e. The van der Waals surface area contributed by atoms with Gasteiger partial charge in [0.05, 0.1) is 6.10 Å². The zero-order chi connectivity index (χ0) is 9.52. The molecule has 0 bridgehead atoms. The van der Waals surface area contributed by atoms with Crippen molar-refractivity contribution in [3.63, 3.8) is 0 Å². The molecular formula is C10H14O3. The van der Waals surface area contributed by atoms with Gasteiger partial charge in [0.15, 0.2) is 0 Å². The summed E-state index contributed by atoms with van der Waals surface area (Å²) < 4.78 is 5.06. The highest BCUT2D eigenvalue weighted by molar-refractivity contribution is 5.17. The molecule has 0 aliphatic heterocycles. The summed E-state index contributed by atoms with van der Waals surface area (Å²) in [5, 5.41) is 17.4. The second kappa shape index (κ2) is 5.70. The molecule has 1 aromatic rings. The first-order chi connectivity index (χ1) is 6.38. The van der Waals surface area contributed by atoms with E-state index in [1.165, 1.54) is 0 Å². The monoisotopic (exact) mass is 182 g/mol. The van der Waals surface area contributed by atoms with Crippen LogP contribution >= 0.6 is 0 Å². The van der Waals surface area contributed by atoms with E-state index in [1.807, 2.05) is 30.3 Å². The van der Waals surface area contributed by atoms with Crippen molar-refractivity contribution in [2.45, 2.75) is 12.5 Å². The second-order valence-corrected chi connectivity index (χ2v) is 2.71. The quantitative estimate of drug-likeness (QED) is 0.670. The number of rotatable bonds is 5. The van der Waals surface area contributed by atoms with E-state index in [0.29, 0.717) is 6.42 Å². The molecule has 1 aromatic carbocycles. The standard InChI is InChI=1S/C10H14O3/c11-7-6-10(13-8-12)9-4-2-1-3-5-9/h1-5,10-12H,6-8H2. The maximum Gasteiger partial charge on any atom is 0.144 e. The molecule has 0 aliphatic rings. The largest absolute Gasteiger partial charge is 0.396 e. The van der Waals surface area contributed by atoms with Crippen molar-refractivity contribution in [2.24, 2.45) is 0 Å². The van der Waals surface area contributed by atoms with E-state index >= 15 is 0 Å². The van der Waals surface area contributed by atoms with Crippen molar-refractivity contribution >= 4 is 0 Å². The Morgan fingerprint density at radius 1 is 1.15 bits per heavy atom. The first kappa shape index (κ1) is 10.2. The summed E-state index contributed by atoms with van der Waals surface area (Å²) in [7, 11) is 0. The lowest BCUT2D eigenvalue weighted by atomic mass is 10.1. The van der Waals surface area contributed by atoms with Gasteiger partial charge in [-0.15, -0.1) is 0 Å². The van der Waals surface area contributed by atoms with Crippen LogP contribution in [0.4, 0.5) is 0 Å². The zero-order valence-electron chi connectivity index (χ0n) is 7.39. The summed E-state index contributed by atoms with van der Waals surface area (Å²) in [6, 6.07) is 9.55. The van der Waals surface area contributed by atoms with Crippen molar-refractivity contribution in [2.75, 3.05) is 13.4 Å². The van der Waals surface area contributed by atoms with E-state index in [0.717, 1.165) is 5.56 Å². The lowest BCUT2D eigenvalue weighted by molar-refractivity contribution is -0.0590. The number of hydrogen-bond acceptors (Lipinski definition) is 3. The summed E-state index contributed by atoms with van der Waals surface area (Å²) in [5.41, 5.74) is 0.977. The van der Waals surface area contributed by atoms with Gasteiger partial charge < -0.3 is 14.9 Å². The van der Waals surface area contributed by atoms with Crippen LogP contribution < -0.4 is 0 Å². The van der Waals surface area contributed by atoms with E-state index < -0.39 is 0 Å². The van der Waals surface area contributed by atoms with Gasteiger partial charge >= 0.3 is 0 Å². The predicted molar refractivity (Wildman–Crippen MR) is 49.1 cm³/mol. The minimum Gasteiger partial charge on any atom is -0.396 e. The van der Waals surface area contributed by atoms with Gasteiger partial charge in [-0.2, -0.15) is 0 Å². The van der Waals surface area contributed by atoms with E-state index in [2.05, 4.69) is 0 Å². The molecule has 2 N–H and O–H groups in total. The van der Waals surface area contributed by atoms with Crippen LogP contribution in [0.2, 0.25) is 0 Å². The SMILES string of the molecule is OCCC(OCO)c1ccccc1. The number of aliphatic hydroxyl groups is 2. The summed E-state index contributed by atoms with van der Waals surface area (Å²) >= 11 is 0. The first-order valence-electron chi connectivity index (χ1n) is 4.26. The molecule has 1 atom stereocenters. The highest BCUT2D eigenvalue weighted by Gasteiger charge is 2.09. The van der Waals surface area contributed by atoms with Crippen LogP contribution in [-0.2, 0) is 4.74 Å². The summed E-state index contributed by atoms with van der Waals surface area (Å²) in [5.74, 6) is 0.